The van der Waals surface area contributed by atoms with Crippen LogP contribution in [0.15, 0.2) is 53.6 Å². The van der Waals surface area contributed by atoms with Gasteiger partial charge in [0.25, 0.3) is 10.0 Å². The van der Waals surface area contributed by atoms with Crippen LogP contribution in [0.3, 0.4) is 0 Å². The van der Waals surface area contributed by atoms with Crippen LogP contribution in [0, 0.1) is 0 Å². The van der Waals surface area contributed by atoms with Crippen LogP contribution in [-0.4, -0.2) is 18.5 Å². The molecule has 0 aliphatic heterocycles. The molecule has 2 aromatic carbocycles. The lowest BCUT2D eigenvalue weighted by Gasteiger charge is -2.12. The number of hydrogen-bond acceptors (Lipinski definition) is 4. The molecule has 0 amide bonds. The number of phenolic OH excluding ortho intramolecular Hbond substituents is 1. The Kier molecular flexibility index (Phi) is 4.06. The van der Waals surface area contributed by atoms with Gasteiger partial charge in [0.05, 0.1) is 16.2 Å². The molecule has 1 heterocycles. The molecule has 8 heteroatoms. The van der Waals surface area contributed by atoms with Crippen LogP contribution in [0.25, 0.3) is 10.9 Å². The lowest BCUT2D eigenvalue weighted by atomic mass is 10.2. The molecule has 0 atom stereocenters. The van der Waals surface area contributed by atoms with Gasteiger partial charge in [0.15, 0.2) is 5.75 Å². The number of aromatic nitrogens is 1. The van der Waals surface area contributed by atoms with E-state index >= 15 is 0 Å². The van der Waals surface area contributed by atoms with Gasteiger partial charge in [-0.25, -0.2) is 8.42 Å². The summed E-state index contributed by atoms with van der Waals surface area (Å²) in [6, 6.07) is 10.9. The molecule has 3 aromatic rings. The second-order valence-electron chi connectivity index (χ2n) is 4.72. The molecule has 0 aliphatic carbocycles. The second kappa shape index (κ2) is 5.88. The van der Waals surface area contributed by atoms with E-state index < -0.39 is 20.7 Å². The van der Waals surface area contributed by atoms with Gasteiger partial charge in [-0.3, -0.25) is 9.71 Å². The Morgan fingerprint density at radius 3 is 2.65 bits per heavy atom. The van der Waals surface area contributed by atoms with Crippen LogP contribution in [0.5, 0.6) is 5.75 Å². The number of halogens is 2. The number of nitrogens with zero attached hydrogens (tertiary/aromatic N) is 1. The fourth-order valence-corrected chi connectivity index (χ4v) is 3.98. The van der Waals surface area contributed by atoms with Gasteiger partial charge < -0.3 is 5.11 Å². The van der Waals surface area contributed by atoms with E-state index in [2.05, 4.69) is 9.71 Å². The van der Waals surface area contributed by atoms with Crippen molar-refractivity contribution in [2.75, 3.05) is 4.72 Å². The first kappa shape index (κ1) is 15.9. The minimum atomic E-state index is -4.08. The fraction of sp³-hybridized carbons (Fsp3) is 0. The van der Waals surface area contributed by atoms with E-state index in [1.807, 2.05) is 0 Å². The van der Waals surface area contributed by atoms with Crippen LogP contribution in [0.1, 0.15) is 0 Å². The first-order valence-corrected chi connectivity index (χ1v) is 8.67. The SMILES string of the molecule is O=S(=O)(Nc1cccc2ncccc12)c1cc(Cl)cc(Cl)c1O. The number of pyridine rings is 1. The van der Waals surface area contributed by atoms with Crippen molar-refractivity contribution in [3.8, 4) is 5.75 Å². The average Bonchev–Trinajstić information content (AvgIpc) is 2.51. The molecule has 2 N–H and O–H groups in total. The monoisotopic (exact) mass is 368 g/mol. The van der Waals surface area contributed by atoms with Crippen LogP contribution in [0.2, 0.25) is 10.0 Å². The first-order chi connectivity index (χ1) is 10.9. The number of hydrogen-bond donors (Lipinski definition) is 2. The Morgan fingerprint density at radius 2 is 1.87 bits per heavy atom. The van der Waals surface area contributed by atoms with E-state index in [0.29, 0.717) is 16.6 Å². The van der Waals surface area contributed by atoms with Gasteiger partial charge in [-0.15, -0.1) is 0 Å². The van der Waals surface area contributed by atoms with E-state index in [1.54, 1.807) is 36.5 Å². The maximum absolute atomic E-state index is 12.6. The summed E-state index contributed by atoms with van der Waals surface area (Å²) in [4.78, 5) is 3.77. The number of anilines is 1. The molecular weight excluding hydrogens is 359 g/mol. The van der Waals surface area contributed by atoms with Crippen molar-refractivity contribution in [1.29, 1.82) is 0 Å². The third-order valence-corrected chi connectivity index (χ3v) is 5.06. The minimum absolute atomic E-state index is 0.104. The number of aromatic hydroxyl groups is 1. The Bertz CT molecular complexity index is 1000. The third kappa shape index (κ3) is 3.06. The van der Waals surface area contributed by atoms with E-state index in [4.69, 9.17) is 23.2 Å². The van der Waals surface area contributed by atoms with E-state index in [1.165, 1.54) is 6.07 Å². The van der Waals surface area contributed by atoms with E-state index in [-0.39, 0.29) is 10.0 Å². The Labute approximate surface area is 142 Å². The highest BCUT2D eigenvalue weighted by atomic mass is 35.5. The molecule has 0 fully saturated rings. The van der Waals surface area contributed by atoms with Gasteiger partial charge in [-0.1, -0.05) is 29.3 Å². The first-order valence-electron chi connectivity index (χ1n) is 6.43. The number of sulfonamides is 1. The third-order valence-electron chi connectivity index (χ3n) is 3.17. The summed E-state index contributed by atoms with van der Waals surface area (Å²) in [5.41, 5.74) is 0.979. The van der Waals surface area contributed by atoms with E-state index in [0.717, 1.165) is 6.07 Å². The van der Waals surface area contributed by atoms with Crippen molar-refractivity contribution < 1.29 is 13.5 Å². The molecular formula is C15H10Cl2N2O3S. The van der Waals surface area contributed by atoms with Gasteiger partial charge >= 0.3 is 0 Å². The van der Waals surface area contributed by atoms with Gasteiger partial charge in [0, 0.05) is 16.6 Å². The molecule has 0 saturated heterocycles. The lowest BCUT2D eigenvalue weighted by molar-refractivity contribution is 0.459. The van der Waals surface area contributed by atoms with Crippen molar-refractivity contribution in [1.82, 2.24) is 4.98 Å². The summed E-state index contributed by atoms with van der Waals surface area (Å²) in [7, 11) is -4.08. The minimum Gasteiger partial charge on any atom is -0.505 e. The quantitative estimate of drug-likeness (QED) is 0.730. The van der Waals surface area contributed by atoms with Crippen LogP contribution in [-0.2, 0) is 10.0 Å². The molecule has 0 aliphatic rings. The molecule has 0 bridgehead atoms. The molecule has 0 saturated carbocycles. The Morgan fingerprint density at radius 1 is 1.09 bits per heavy atom. The van der Waals surface area contributed by atoms with Crippen LogP contribution < -0.4 is 4.72 Å². The van der Waals surface area contributed by atoms with Gasteiger partial charge in [0.1, 0.15) is 4.90 Å². The zero-order valence-corrected chi connectivity index (χ0v) is 13.8. The summed E-state index contributed by atoms with van der Waals surface area (Å²) < 4.78 is 27.6. The number of fused-ring (bicyclic) bond motifs is 1. The number of phenols is 1. The Balaban J connectivity index is 2.11. The predicted molar refractivity (Wildman–Crippen MR) is 90.7 cm³/mol. The molecule has 23 heavy (non-hydrogen) atoms. The molecule has 3 rings (SSSR count). The van der Waals surface area contributed by atoms with Crippen molar-refractivity contribution in [2.45, 2.75) is 4.90 Å². The summed E-state index contributed by atoms with van der Waals surface area (Å²) >= 11 is 11.6. The van der Waals surface area contributed by atoms with Crippen molar-refractivity contribution >= 4 is 49.8 Å². The summed E-state index contributed by atoms with van der Waals surface area (Å²) in [6.07, 6.45) is 1.61. The topological polar surface area (TPSA) is 79.3 Å². The second-order valence-corrected chi connectivity index (χ2v) is 7.21. The molecule has 0 unspecified atom stereocenters. The number of benzene rings is 2. The summed E-state index contributed by atoms with van der Waals surface area (Å²) in [6.45, 7) is 0. The molecule has 5 nitrogen and oxygen atoms in total. The zero-order valence-electron chi connectivity index (χ0n) is 11.5. The van der Waals surface area contributed by atoms with Crippen LogP contribution >= 0.6 is 23.2 Å². The molecule has 1 aromatic heterocycles. The van der Waals surface area contributed by atoms with Crippen LogP contribution in [0.4, 0.5) is 5.69 Å². The van der Waals surface area contributed by atoms with Gasteiger partial charge in [0.2, 0.25) is 0 Å². The highest BCUT2D eigenvalue weighted by molar-refractivity contribution is 7.92. The number of nitrogens with one attached hydrogen (secondary N) is 1. The summed E-state index contributed by atoms with van der Waals surface area (Å²) in [5.74, 6) is -0.554. The maximum Gasteiger partial charge on any atom is 0.265 e. The highest BCUT2D eigenvalue weighted by Crippen LogP contribution is 2.35. The Hall–Kier alpha value is -2.02. The molecule has 118 valence electrons. The lowest BCUT2D eigenvalue weighted by Crippen LogP contribution is -2.13. The van der Waals surface area contributed by atoms with Crippen molar-refractivity contribution in [3.05, 3.63) is 58.7 Å². The fourth-order valence-electron chi connectivity index (χ4n) is 2.14. The maximum atomic E-state index is 12.6. The molecule has 0 radical (unpaired) electrons. The molecule has 0 spiro atoms. The average molecular weight is 369 g/mol. The smallest absolute Gasteiger partial charge is 0.265 e. The zero-order chi connectivity index (χ0) is 16.6. The van der Waals surface area contributed by atoms with Gasteiger partial charge in [-0.05, 0) is 36.4 Å². The predicted octanol–water partition coefficient (Wildman–Crippen LogP) is 4.05. The highest BCUT2D eigenvalue weighted by Gasteiger charge is 2.22. The van der Waals surface area contributed by atoms with Crippen molar-refractivity contribution in [2.24, 2.45) is 0 Å². The number of rotatable bonds is 3. The largest absolute Gasteiger partial charge is 0.505 e. The standard InChI is InChI=1S/C15H10Cl2N2O3S/c16-9-7-11(17)15(20)14(8-9)23(21,22)19-13-5-1-4-12-10(13)3-2-6-18-12/h1-8,19-20H. The summed E-state index contributed by atoms with van der Waals surface area (Å²) in [5, 5.41) is 10.5. The van der Waals surface area contributed by atoms with Crippen molar-refractivity contribution in [3.63, 3.8) is 0 Å². The van der Waals surface area contributed by atoms with Gasteiger partial charge in [-0.2, -0.15) is 0 Å². The normalized spacial score (nSPS) is 11.6. The van der Waals surface area contributed by atoms with E-state index in [9.17, 15) is 13.5 Å².